The molecule has 1 heterocycles. The van der Waals surface area contributed by atoms with Gasteiger partial charge in [0.1, 0.15) is 0 Å². The Kier molecular flexibility index (Phi) is 4.41. The predicted molar refractivity (Wildman–Crippen MR) is 88.3 cm³/mol. The van der Waals surface area contributed by atoms with E-state index in [-0.39, 0.29) is 24.0 Å². The van der Waals surface area contributed by atoms with Gasteiger partial charge in [0.15, 0.2) is 0 Å². The summed E-state index contributed by atoms with van der Waals surface area (Å²) in [4.78, 5) is 12.6. The van der Waals surface area contributed by atoms with Crippen molar-refractivity contribution in [1.29, 1.82) is 0 Å². The number of aryl methyl sites for hydroxylation is 2. The normalized spacial score (nSPS) is 21.6. The van der Waals surface area contributed by atoms with E-state index in [4.69, 9.17) is 11.6 Å². The quantitative estimate of drug-likeness (QED) is 0.903. The molecule has 5 nitrogen and oxygen atoms in total. The highest BCUT2D eigenvalue weighted by Crippen LogP contribution is 2.38. The zero-order valence-electron chi connectivity index (χ0n) is 13.2. The van der Waals surface area contributed by atoms with Crippen LogP contribution in [0.3, 0.4) is 0 Å². The summed E-state index contributed by atoms with van der Waals surface area (Å²) in [7, 11) is 1.85. The van der Waals surface area contributed by atoms with Gasteiger partial charge in [-0.25, -0.2) is 0 Å². The topological polar surface area (TPSA) is 67.2 Å². The van der Waals surface area contributed by atoms with Crippen LogP contribution in [0, 0.1) is 12.8 Å². The first-order valence-corrected chi connectivity index (χ1v) is 8.05. The summed E-state index contributed by atoms with van der Waals surface area (Å²) >= 11 is 6.02. The molecular weight excluding hydrogens is 314 g/mol. The third-order valence-corrected chi connectivity index (χ3v) is 4.84. The molecule has 2 N–H and O–H groups in total. The van der Waals surface area contributed by atoms with E-state index in [0.29, 0.717) is 23.4 Å². The van der Waals surface area contributed by atoms with Crippen LogP contribution < -0.4 is 5.32 Å². The maximum Gasteiger partial charge on any atom is 0.251 e. The number of carbonyl (C=O) groups excluding carboxylic acids is 1. The maximum atomic E-state index is 12.6. The van der Waals surface area contributed by atoms with E-state index in [1.165, 1.54) is 0 Å². The van der Waals surface area contributed by atoms with Gasteiger partial charge in [0.2, 0.25) is 0 Å². The van der Waals surface area contributed by atoms with E-state index >= 15 is 0 Å². The van der Waals surface area contributed by atoms with Gasteiger partial charge >= 0.3 is 0 Å². The number of halogens is 1. The second kappa shape index (κ2) is 6.34. The molecule has 1 aromatic carbocycles. The van der Waals surface area contributed by atoms with E-state index in [1.807, 2.05) is 20.2 Å². The molecule has 1 aromatic heterocycles. The summed E-state index contributed by atoms with van der Waals surface area (Å²) in [6.45, 7) is 1.87. The number of aromatic nitrogens is 2. The molecule has 0 saturated heterocycles. The molecule has 23 heavy (non-hydrogen) atoms. The Labute approximate surface area is 140 Å². The summed E-state index contributed by atoms with van der Waals surface area (Å²) in [6.07, 6.45) is 4.79. The van der Waals surface area contributed by atoms with Gasteiger partial charge in [-0.15, -0.1) is 0 Å². The van der Waals surface area contributed by atoms with E-state index < -0.39 is 0 Å². The number of nitrogens with one attached hydrogen (secondary N) is 1. The van der Waals surface area contributed by atoms with Crippen molar-refractivity contribution in [2.45, 2.75) is 31.9 Å². The van der Waals surface area contributed by atoms with Crippen LogP contribution in [0.1, 0.15) is 40.4 Å². The Morgan fingerprint density at radius 3 is 2.78 bits per heavy atom. The van der Waals surface area contributed by atoms with Crippen molar-refractivity contribution >= 4 is 17.5 Å². The minimum atomic E-state index is -0.270. The lowest BCUT2D eigenvalue weighted by Crippen LogP contribution is -2.41. The van der Waals surface area contributed by atoms with Crippen molar-refractivity contribution < 1.29 is 9.90 Å². The van der Waals surface area contributed by atoms with E-state index in [1.54, 1.807) is 29.1 Å². The maximum absolute atomic E-state index is 12.6. The molecule has 0 aliphatic heterocycles. The fourth-order valence-corrected chi connectivity index (χ4v) is 3.10. The Hall–Kier alpha value is -1.85. The Morgan fingerprint density at radius 2 is 2.22 bits per heavy atom. The molecule has 2 aromatic rings. The molecule has 0 unspecified atom stereocenters. The molecular formula is C17H20ClN3O2. The van der Waals surface area contributed by atoms with Crippen LogP contribution in [0.15, 0.2) is 30.6 Å². The van der Waals surface area contributed by atoms with Crippen molar-refractivity contribution in [3.05, 3.63) is 52.3 Å². The zero-order chi connectivity index (χ0) is 16.6. The van der Waals surface area contributed by atoms with Gasteiger partial charge in [-0.1, -0.05) is 11.6 Å². The molecule has 0 bridgehead atoms. The summed E-state index contributed by atoms with van der Waals surface area (Å²) in [5.41, 5.74) is 2.42. The predicted octanol–water partition coefficient (Wildman–Crippen LogP) is 2.62. The number of hydrogen-bond acceptors (Lipinski definition) is 3. The van der Waals surface area contributed by atoms with Crippen LogP contribution in [0.25, 0.3) is 0 Å². The fourth-order valence-electron chi connectivity index (χ4n) is 2.99. The summed E-state index contributed by atoms with van der Waals surface area (Å²) < 4.78 is 1.72. The molecule has 1 fully saturated rings. The van der Waals surface area contributed by atoms with E-state index in [0.717, 1.165) is 11.1 Å². The fraction of sp³-hybridized carbons (Fsp3) is 0.412. The minimum Gasteiger partial charge on any atom is -0.393 e. The standard InChI is InChI=1S/C17H20ClN3O2/c1-10-5-11(3-4-15(10)18)17(23)20-16(12-6-14(22)7-12)13-8-19-21(2)9-13/h3-5,8-9,12,14,16,22H,6-7H2,1-2H3,(H,20,23)/t12?,14?,16-/m0/s1. The van der Waals surface area contributed by atoms with Gasteiger partial charge in [-0.05, 0) is 49.4 Å². The second-order valence-electron chi connectivity index (χ2n) is 6.25. The minimum absolute atomic E-state index is 0.139. The highest BCUT2D eigenvalue weighted by molar-refractivity contribution is 6.31. The molecule has 1 amide bonds. The van der Waals surface area contributed by atoms with Crippen molar-refractivity contribution in [1.82, 2.24) is 15.1 Å². The van der Waals surface area contributed by atoms with E-state index in [9.17, 15) is 9.90 Å². The molecule has 0 spiro atoms. The molecule has 1 atom stereocenters. The molecule has 122 valence electrons. The average molecular weight is 334 g/mol. The smallest absolute Gasteiger partial charge is 0.251 e. The van der Waals surface area contributed by atoms with Crippen LogP contribution in [0.4, 0.5) is 0 Å². The molecule has 1 aliphatic rings. The lowest BCUT2D eigenvalue weighted by Gasteiger charge is -2.37. The van der Waals surface area contributed by atoms with Gasteiger partial charge in [-0.3, -0.25) is 9.48 Å². The molecule has 1 aliphatic carbocycles. The summed E-state index contributed by atoms with van der Waals surface area (Å²) in [6, 6.07) is 5.10. The number of amides is 1. The second-order valence-corrected chi connectivity index (χ2v) is 6.65. The average Bonchev–Trinajstić information content (AvgIpc) is 2.91. The van der Waals surface area contributed by atoms with Crippen LogP contribution in [-0.2, 0) is 7.05 Å². The van der Waals surface area contributed by atoms with Gasteiger partial charge in [-0.2, -0.15) is 5.10 Å². The van der Waals surface area contributed by atoms with Crippen molar-refractivity contribution in [3.8, 4) is 0 Å². The first-order chi connectivity index (χ1) is 10.9. The van der Waals surface area contributed by atoms with Crippen molar-refractivity contribution in [2.75, 3.05) is 0 Å². The van der Waals surface area contributed by atoms with Crippen molar-refractivity contribution in [3.63, 3.8) is 0 Å². The SMILES string of the molecule is Cc1cc(C(=O)N[C@H](c2cnn(C)c2)C2CC(O)C2)ccc1Cl. The summed E-state index contributed by atoms with van der Waals surface area (Å²) in [5, 5.41) is 17.5. The zero-order valence-corrected chi connectivity index (χ0v) is 13.9. The molecule has 6 heteroatoms. The lowest BCUT2D eigenvalue weighted by molar-refractivity contribution is 0.0235. The number of nitrogens with zero attached hydrogens (tertiary/aromatic N) is 2. The number of benzene rings is 1. The number of carbonyl (C=O) groups is 1. The van der Waals surface area contributed by atoms with Gasteiger partial charge in [0.25, 0.3) is 5.91 Å². The summed E-state index contributed by atoms with van der Waals surface area (Å²) in [5.74, 6) is 0.0894. The number of aliphatic hydroxyl groups is 1. The molecule has 0 radical (unpaired) electrons. The van der Waals surface area contributed by atoms with Crippen molar-refractivity contribution in [2.24, 2.45) is 13.0 Å². The monoisotopic (exact) mass is 333 g/mol. The van der Waals surface area contributed by atoms with E-state index in [2.05, 4.69) is 10.4 Å². The van der Waals surface area contributed by atoms with Gasteiger partial charge in [0, 0.05) is 29.4 Å². The third kappa shape index (κ3) is 3.41. The number of hydrogen-bond donors (Lipinski definition) is 2. The Bertz CT molecular complexity index is 722. The first-order valence-electron chi connectivity index (χ1n) is 7.67. The Morgan fingerprint density at radius 1 is 1.48 bits per heavy atom. The largest absolute Gasteiger partial charge is 0.393 e. The number of aliphatic hydroxyl groups excluding tert-OH is 1. The number of rotatable bonds is 4. The van der Waals surface area contributed by atoms with Crippen LogP contribution >= 0.6 is 11.6 Å². The van der Waals surface area contributed by atoms with Crippen LogP contribution in [0.2, 0.25) is 5.02 Å². The Balaban J connectivity index is 1.80. The highest BCUT2D eigenvalue weighted by Gasteiger charge is 2.36. The first kappa shape index (κ1) is 16.0. The molecule has 3 rings (SSSR count). The molecule has 1 saturated carbocycles. The van der Waals surface area contributed by atoms with Crippen LogP contribution in [-0.4, -0.2) is 26.9 Å². The lowest BCUT2D eigenvalue weighted by atomic mass is 9.75. The third-order valence-electron chi connectivity index (χ3n) is 4.41. The van der Waals surface area contributed by atoms with Gasteiger partial charge in [0.05, 0.1) is 18.3 Å². The van der Waals surface area contributed by atoms with Gasteiger partial charge < -0.3 is 10.4 Å². The van der Waals surface area contributed by atoms with Crippen LogP contribution in [0.5, 0.6) is 0 Å². The highest BCUT2D eigenvalue weighted by atomic mass is 35.5.